The third-order valence-corrected chi connectivity index (χ3v) is 9.75. The topological polar surface area (TPSA) is 34.1 Å². The fourth-order valence-electron chi connectivity index (χ4n) is 8.01. The van der Waals surface area contributed by atoms with Gasteiger partial charge in [-0.15, -0.1) is 0 Å². The van der Waals surface area contributed by atoms with E-state index in [1.54, 1.807) is 12.5 Å². The van der Waals surface area contributed by atoms with Crippen LogP contribution in [-0.4, -0.2) is 14.9 Å². The number of carbonyl (C=O) groups excluding carboxylic acids is 1. The number of allylic oxidation sites excluding steroid dienone is 5. The SMILES string of the molecule is C=C1C[C@]2(CC)C(C(C)=O)=C(C(=S=O)c3ccccc3)C[C@H]2[C@@H]2CCC3=CCCC[C@@H]3[C@@H]12. The normalized spacial score (nSPS) is 33.7. The van der Waals surface area contributed by atoms with Gasteiger partial charge < -0.3 is 0 Å². The highest BCUT2D eigenvalue weighted by Crippen LogP contribution is 2.66. The molecule has 0 unspecified atom stereocenters. The molecule has 1 aromatic rings. The number of hydrogen-bond acceptors (Lipinski definition) is 2. The molecule has 0 saturated heterocycles. The van der Waals surface area contributed by atoms with Crippen LogP contribution >= 0.6 is 0 Å². The Morgan fingerprint density at radius 2 is 2.00 bits per heavy atom. The molecule has 0 amide bonds. The summed E-state index contributed by atoms with van der Waals surface area (Å²) in [5.74, 6) is 2.35. The molecule has 5 atom stereocenters. The van der Waals surface area contributed by atoms with Crippen molar-refractivity contribution in [2.45, 2.75) is 65.2 Å². The Hall–Kier alpha value is -2.00. The fraction of sp³-hybridized carbons (Fsp3) is 0.517. The summed E-state index contributed by atoms with van der Waals surface area (Å²) >= 11 is 0.569. The largest absolute Gasteiger partial charge is 0.295 e. The van der Waals surface area contributed by atoms with Gasteiger partial charge in [-0.25, -0.2) is 4.21 Å². The summed E-state index contributed by atoms with van der Waals surface area (Å²) in [4.78, 5) is 14.0. The Bertz CT molecular complexity index is 1070. The Labute approximate surface area is 196 Å². The van der Waals surface area contributed by atoms with Gasteiger partial charge in [0.05, 0.1) is 16.1 Å². The molecule has 0 N–H and O–H groups in total. The van der Waals surface area contributed by atoms with E-state index < -0.39 is 0 Å². The Morgan fingerprint density at radius 1 is 1.22 bits per heavy atom. The van der Waals surface area contributed by atoms with E-state index in [0.29, 0.717) is 34.9 Å². The lowest BCUT2D eigenvalue weighted by molar-refractivity contribution is -0.115. The summed E-state index contributed by atoms with van der Waals surface area (Å²) in [6, 6.07) is 9.95. The number of benzene rings is 1. The van der Waals surface area contributed by atoms with E-state index in [4.69, 9.17) is 0 Å². The van der Waals surface area contributed by atoms with Gasteiger partial charge in [0, 0.05) is 11.0 Å². The minimum Gasteiger partial charge on any atom is -0.295 e. The first-order valence-electron chi connectivity index (χ1n) is 12.4. The number of rotatable bonds is 4. The van der Waals surface area contributed by atoms with Gasteiger partial charge in [-0.3, -0.25) is 4.79 Å². The highest BCUT2D eigenvalue weighted by Gasteiger charge is 2.59. The molecule has 1 aromatic carbocycles. The van der Waals surface area contributed by atoms with Gasteiger partial charge in [0.15, 0.2) is 5.78 Å². The highest BCUT2D eigenvalue weighted by atomic mass is 32.1. The van der Waals surface area contributed by atoms with Crippen LogP contribution in [0.4, 0.5) is 0 Å². The van der Waals surface area contributed by atoms with Gasteiger partial charge in [0.1, 0.15) is 0 Å². The van der Waals surface area contributed by atoms with Crippen molar-refractivity contribution >= 4 is 21.9 Å². The molecule has 2 saturated carbocycles. The van der Waals surface area contributed by atoms with Gasteiger partial charge in [-0.05, 0) is 93.1 Å². The van der Waals surface area contributed by atoms with Crippen LogP contribution in [-0.2, 0) is 16.1 Å². The minimum absolute atomic E-state index is 0.146. The fourth-order valence-corrected chi connectivity index (χ4v) is 8.53. The molecule has 168 valence electrons. The molecule has 0 heterocycles. The van der Waals surface area contributed by atoms with E-state index in [1.807, 2.05) is 30.3 Å². The van der Waals surface area contributed by atoms with Crippen LogP contribution in [0.25, 0.3) is 0 Å². The lowest BCUT2D eigenvalue weighted by atomic mass is 9.49. The maximum atomic E-state index is 13.2. The molecule has 5 rings (SSSR count). The quantitative estimate of drug-likeness (QED) is 0.303. The lowest BCUT2D eigenvalue weighted by Gasteiger charge is -2.55. The van der Waals surface area contributed by atoms with Crippen molar-refractivity contribution in [2.24, 2.45) is 29.1 Å². The number of Topliss-reactive ketones (excluding diaryl/α,β-unsaturated/α-hetero) is 1. The van der Waals surface area contributed by atoms with E-state index in [1.165, 1.54) is 37.7 Å². The molecule has 4 aliphatic carbocycles. The molecule has 2 fully saturated rings. The van der Waals surface area contributed by atoms with Crippen LogP contribution in [0.1, 0.15) is 70.8 Å². The molecule has 32 heavy (non-hydrogen) atoms. The van der Waals surface area contributed by atoms with Crippen LogP contribution in [0, 0.1) is 29.1 Å². The van der Waals surface area contributed by atoms with Crippen molar-refractivity contribution in [3.63, 3.8) is 0 Å². The summed E-state index contributed by atoms with van der Waals surface area (Å²) in [5, 5.41) is 0. The number of ketones is 1. The van der Waals surface area contributed by atoms with E-state index in [-0.39, 0.29) is 11.2 Å². The first kappa shape index (κ1) is 21.8. The van der Waals surface area contributed by atoms with Crippen molar-refractivity contribution < 1.29 is 9.00 Å². The molecule has 3 heteroatoms. The molecule has 0 radical (unpaired) electrons. The molecule has 0 aliphatic heterocycles. The second kappa shape index (κ2) is 8.41. The average molecular weight is 447 g/mol. The molecule has 0 spiro atoms. The first-order chi connectivity index (χ1) is 15.5. The average Bonchev–Trinajstić information content (AvgIpc) is 3.15. The van der Waals surface area contributed by atoms with Crippen molar-refractivity contribution in [3.05, 3.63) is 70.8 Å². The lowest BCUT2D eigenvalue weighted by Crippen LogP contribution is -2.48. The number of fused-ring (bicyclic) bond motifs is 5. The number of hydrogen-bond donors (Lipinski definition) is 0. The molecule has 0 bridgehead atoms. The van der Waals surface area contributed by atoms with Crippen LogP contribution < -0.4 is 0 Å². The Kier molecular flexibility index (Phi) is 5.73. The molecule has 4 aliphatic rings. The summed E-state index contributed by atoms with van der Waals surface area (Å²) in [5.41, 5.74) is 5.80. The Balaban J connectivity index is 1.62. The minimum atomic E-state index is -0.162. The Morgan fingerprint density at radius 3 is 2.69 bits per heavy atom. The van der Waals surface area contributed by atoms with Crippen molar-refractivity contribution in [1.29, 1.82) is 0 Å². The van der Waals surface area contributed by atoms with Crippen molar-refractivity contribution in [2.75, 3.05) is 0 Å². The molecule has 0 aromatic heterocycles. The third-order valence-electron chi connectivity index (χ3n) is 9.10. The second-order valence-corrected chi connectivity index (χ2v) is 11.0. The van der Waals surface area contributed by atoms with Crippen molar-refractivity contribution in [3.8, 4) is 0 Å². The predicted molar refractivity (Wildman–Crippen MR) is 133 cm³/mol. The van der Waals surface area contributed by atoms with E-state index in [0.717, 1.165) is 40.8 Å². The smallest absolute Gasteiger partial charge is 0.156 e. The zero-order valence-electron chi connectivity index (χ0n) is 19.4. The zero-order chi connectivity index (χ0) is 22.5. The second-order valence-electron chi connectivity index (χ2n) is 10.4. The van der Waals surface area contributed by atoms with Crippen LogP contribution in [0.15, 0.2) is 65.3 Å². The first-order valence-corrected chi connectivity index (χ1v) is 13.1. The standard InChI is InChI=1S/C29H34O2S/c1-4-29-17-18(2)26-22-13-9-8-10-20(22)14-15-23(26)25(29)16-24(27(29)19(3)30)28(32-31)21-11-6-5-7-12-21/h5-7,10-12,22-23,25-26H,2,4,8-9,13-17H2,1,3H3/t22-,23-,25-,26+,29-/m0/s1. The summed E-state index contributed by atoms with van der Waals surface area (Å²) in [7, 11) is 0. The summed E-state index contributed by atoms with van der Waals surface area (Å²) in [6.07, 6.45) is 11.4. The van der Waals surface area contributed by atoms with E-state index in [9.17, 15) is 9.00 Å². The third kappa shape index (κ3) is 3.19. The molecular weight excluding hydrogens is 412 g/mol. The van der Waals surface area contributed by atoms with Crippen LogP contribution in [0.2, 0.25) is 0 Å². The van der Waals surface area contributed by atoms with Gasteiger partial charge in [-0.2, -0.15) is 0 Å². The molecule has 2 nitrogen and oxygen atoms in total. The monoisotopic (exact) mass is 446 g/mol. The number of carbonyl (C=O) groups is 1. The summed E-state index contributed by atoms with van der Waals surface area (Å²) in [6.45, 7) is 8.61. The van der Waals surface area contributed by atoms with E-state index in [2.05, 4.69) is 19.6 Å². The zero-order valence-corrected chi connectivity index (χ0v) is 20.2. The van der Waals surface area contributed by atoms with Gasteiger partial charge in [0.2, 0.25) is 0 Å². The van der Waals surface area contributed by atoms with Crippen molar-refractivity contribution in [1.82, 2.24) is 0 Å². The van der Waals surface area contributed by atoms with Gasteiger partial charge >= 0.3 is 0 Å². The highest BCUT2D eigenvalue weighted by molar-refractivity contribution is 7.67. The van der Waals surface area contributed by atoms with E-state index >= 15 is 0 Å². The predicted octanol–water partition coefficient (Wildman–Crippen LogP) is 6.43. The van der Waals surface area contributed by atoms with Gasteiger partial charge in [-0.1, -0.05) is 61.1 Å². The maximum absolute atomic E-state index is 13.2. The van der Waals surface area contributed by atoms with Crippen LogP contribution in [0.3, 0.4) is 0 Å². The molecular formula is C29H34O2S. The maximum Gasteiger partial charge on any atom is 0.156 e. The van der Waals surface area contributed by atoms with Gasteiger partial charge in [0.25, 0.3) is 0 Å². The summed E-state index contributed by atoms with van der Waals surface area (Å²) < 4.78 is 12.4. The van der Waals surface area contributed by atoms with Crippen LogP contribution in [0.5, 0.6) is 0 Å².